The summed E-state index contributed by atoms with van der Waals surface area (Å²) in [5.41, 5.74) is 4.88. The van der Waals surface area contributed by atoms with Crippen LogP contribution < -0.4 is 15.6 Å². The van der Waals surface area contributed by atoms with Gasteiger partial charge in [-0.2, -0.15) is 0 Å². The number of sulfone groups is 1. The molecule has 0 saturated heterocycles. The zero-order valence-electron chi connectivity index (χ0n) is 15.0. The molecule has 9 heteroatoms. The van der Waals surface area contributed by atoms with Crippen molar-refractivity contribution in [1.82, 2.24) is 15.6 Å². The number of hydrazine groups is 1. The van der Waals surface area contributed by atoms with Gasteiger partial charge in [-0.05, 0) is 48.3 Å². The summed E-state index contributed by atoms with van der Waals surface area (Å²) in [5, 5.41) is 0. The fourth-order valence-electron chi connectivity index (χ4n) is 2.39. The lowest BCUT2D eigenvalue weighted by Gasteiger charge is -2.11. The number of amides is 3. The van der Waals surface area contributed by atoms with Gasteiger partial charge in [0.2, 0.25) is 9.84 Å². The minimum absolute atomic E-state index is 0.0739. The zero-order chi connectivity index (χ0) is 20.7. The molecule has 0 fully saturated rings. The second-order valence-electron chi connectivity index (χ2n) is 5.74. The van der Waals surface area contributed by atoms with Gasteiger partial charge in [0, 0.05) is 10.5 Å². The lowest BCUT2D eigenvalue weighted by atomic mass is 10.2. The standard InChI is InChI=1S/C20H17N3O4S2/c24-19(15-9-3-1-4-10-15)21-22-20(25)23-28-17-13-7-8-14-18(17)29(26,27)16-11-5-2-6-12-16/h1-14H,(H,21,24)(H2,22,23,25). The Balaban J connectivity index is 1.64. The van der Waals surface area contributed by atoms with Crippen LogP contribution in [0.4, 0.5) is 4.79 Å². The van der Waals surface area contributed by atoms with Gasteiger partial charge in [0.25, 0.3) is 5.91 Å². The molecule has 0 heterocycles. The lowest BCUT2D eigenvalue weighted by Crippen LogP contribution is -2.45. The van der Waals surface area contributed by atoms with Crippen molar-refractivity contribution in [2.24, 2.45) is 0 Å². The Hall–Kier alpha value is -3.30. The number of nitrogens with one attached hydrogen (secondary N) is 3. The van der Waals surface area contributed by atoms with Crippen LogP contribution in [-0.2, 0) is 9.84 Å². The third-order valence-electron chi connectivity index (χ3n) is 3.77. The Labute approximate surface area is 172 Å². The highest BCUT2D eigenvalue weighted by atomic mass is 32.2. The zero-order valence-corrected chi connectivity index (χ0v) is 16.7. The summed E-state index contributed by atoms with van der Waals surface area (Å²) in [5.74, 6) is -0.474. The first-order valence-electron chi connectivity index (χ1n) is 8.46. The summed E-state index contributed by atoms with van der Waals surface area (Å²) in [7, 11) is -3.74. The molecule has 0 bridgehead atoms. The number of urea groups is 1. The van der Waals surface area contributed by atoms with Crippen LogP contribution in [0.15, 0.2) is 99.6 Å². The van der Waals surface area contributed by atoms with E-state index >= 15 is 0 Å². The van der Waals surface area contributed by atoms with Crippen molar-refractivity contribution in [3.8, 4) is 0 Å². The largest absolute Gasteiger partial charge is 0.343 e. The third kappa shape index (κ3) is 5.15. The molecule has 3 amide bonds. The fraction of sp³-hybridized carbons (Fsp3) is 0. The Kier molecular flexibility index (Phi) is 6.53. The monoisotopic (exact) mass is 427 g/mol. The van der Waals surface area contributed by atoms with Crippen LogP contribution in [0.2, 0.25) is 0 Å². The van der Waals surface area contributed by atoms with Gasteiger partial charge in [-0.3, -0.25) is 14.9 Å². The Morgan fingerprint density at radius 3 is 2.00 bits per heavy atom. The summed E-state index contributed by atoms with van der Waals surface area (Å²) >= 11 is 0.832. The van der Waals surface area contributed by atoms with E-state index in [1.54, 1.807) is 66.7 Å². The quantitative estimate of drug-likeness (QED) is 0.429. The molecule has 0 saturated carbocycles. The molecule has 0 spiro atoms. The molecule has 0 aliphatic carbocycles. The van der Waals surface area contributed by atoms with E-state index < -0.39 is 21.8 Å². The van der Waals surface area contributed by atoms with E-state index in [-0.39, 0.29) is 9.79 Å². The van der Waals surface area contributed by atoms with E-state index in [1.807, 2.05) is 0 Å². The van der Waals surface area contributed by atoms with Gasteiger partial charge in [0.05, 0.1) is 9.79 Å². The Morgan fingerprint density at radius 2 is 1.31 bits per heavy atom. The van der Waals surface area contributed by atoms with E-state index in [2.05, 4.69) is 15.6 Å². The molecular formula is C20H17N3O4S2. The summed E-state index contributed by atoms with van der Waals surface area (Å²) in [6, 6.07) is 22.1. The predicted molar refractivity (Wildman–Crippen MR) is 110 cm³/mol. The number of carbonyl (C=O) groups excluding carboxylic acids is 2. The first-order valence-corrected chi connectivity index (χ1v) is 10.8. The van der Waals surface area contributed by atoms with Crippen LogP contribution in [0, 0.1) is 0 Å². The number of benzene rings is 3. The molecule has 29 heavy (non-hydrogen) atoms. The molecule has 3 aromatic carbocycles. The summed E-state index contributed by atoms with van der Waals surface area (Å²) in [4.78, 5) is 24.5. The van der Waals surface area contributed by atoms with Crippen LogP contribution in [0.1, 0.15) is 10.4 Å². The van der Waals surface area contributed by atoms with Crippen LogP contribution in [0.5, 0.6) is 0 Å². The van der Waals surface area contributed by atoms with Gasteiger partial charge >= 0.3 is 6.03 Å². The molecule has 0 aliphatic rings. The first kappa shape index (κ1) is 20.4. The van der Waals surface area contributed by atoms with Gasteiger partial charge in [-0.25, -0.2) is 18.6 Å². The smallest absolute Gasteiger partial charge is 0.276 e. The fourth-order valence-corrected chi connectivity index (χ4v) is 4.77. The van der Waals surface area contributed by atoms with Gasteiger partial charge in [0.1, 0.15) is 0 Å². The second kappa shape index (κ2) is 9.26. The number of carbonyl (C=O) groups is 2. The molecule has 0 atom stereocenters. The maximum Gasteiger partial charge on any atom is 0.343 e. The van der Waals surface area contributed by atoms with Crippen LogP contribution >= 0.6 is 11.9 Å². The SMILES string of the molecule is O=C(NNC(=O)c1ccccc1)NSc1ccccc1S(=O)(=O)c1ccccc1. The van der Waals surface area contributed by atoms with Crippen LogP contribution in [0.3, 0.4) is 0 Å². The molecule has 148 valence electrons. The van der Waals surface area contributed by atoms with Crippen molar-refractivity contribution in [2.75, 3.05) is 0 Å². The van der Waals surface area contributed by atoms with Crippen molar-refractivity contribution >= 4 is 33.7 Å². The van der Waals surface area contributed by atoms with E-state index in [0.717, 1.165) is 11.9 Å². The molecule has 0 radical (unpaired) electrons. The van der Waals surface area contributed by atoms with E-state index in [1.165, 1.54) is 18.2 Å². The minimum atomic E-state index is -3.74. The van der Waals surface area contributed by atoms with E-state index in [0.29, 0.717) is 10.5 Å². The first-order chi connectivity index (χ1) is 14.0. The predicted octanol–water partition coefficient (Wildman–Crippen LogP) is 3.17. The maximum atomic E-state index is 12.9. The number of rotatable bonds is 5. The van der Waals surface area contributed by atoms with Crippen molar-refractivity contribution in [2.45, 2.75) is 14.7 Å². The topological polar surface area (TPSA) is 104 Å². The minimum Gasteiger partial charge on any atom is -0.276 e. The van der Waals surface area contributed by atoms with Gasteiger partial charge in [-0.15, -0.1) is 0 Å². The van der Waals surface area contributed by atoms with Crippen molar-refractivity contribution in [3.05, 3.63) is 90.5 Å². The lowest BCUT2D eigenvalue weighted by molar-refractivity contribution is 0.0937. The molecule has 0 aromatic heterocycles. The molecule has 3 rings (SSSR count). The highest BCUT2D eigenvalue weighted by Crippen LogP contribution is 2.29. The van der Waals surface area contributed by atoms with Gasteiger partial charge in [-0.1, -0.05) is 48.5 Å². The molecule has 0 unspecified atom stereocenters. The molecule has 0 aliphatic heterocycles. The summed E-state index contributed by atoms with van der Waals surface area (Å²) < 4.78 is 28.2. The summed E-state index contributed by atoms with van der Waals surface area (Å²) in [6.45, 7) is 0. The van der Waals surface area contributed by atoms with Gasteiger partial charge < -0.3 is 0 Å². The second-order valence-corrected chi connectivity index (χ2v) is 8.51. The normalized spacial score (nSPS) is 10.8. The Bertz CT molecular complexity index is 1100. The highest BCUT2D eigenvalue weighted by Gasteiger charge is 2.21. The highest BCUT2D eigenvalue weighted by molar-refractivity contribution is 7.99. The third-order valence-corrected chi connectivity index (χ3v) is 6.59. The van der Waals surface area contributed by atoms with Gasteiger partial charge in [0.15, 0.2) is 0 Å². The molecule has 3 aromatic rings. The van der Waals surface area contributed by atoms with Crippen LogP contribution in [-0.4, -0.2) is 20.4 Å². The van der Waals surface area contributed by atoms with Crippen molar-refractivity contribution in [1.29, 1.82) is 0 Å². The van der Waals surface area contributed by atoms with E-state index in [4.69, 9.17) is 0 Å². The average Bonchev–Trinajstić information content (AvgIpc) is 2.77. The summed E-state index contributed by atoms with van der Waals surface area (Å²) in [6.07, 6.45) is 0. The average molecular weight is 428 g/mol. The number of hydrogen-bond acceptors (Lipinski definition) is 5. The van der Waals surface area contributed by atoms with Crippen molar-refractivity contribution < 1.29 is 18.0 Å². The molecule has 3 N–H and O–H groups in total. The molecule has 7 nitrogen and oxygen atoms in total. The van der Waals surface area contributed by atoms with Crippen molar-refractivity contribution in [3.63, 3.8) is 0 Å². The Morgan fingerprint density at radius 1 is 0.724 bits per heavy atom. The number of hydrogen-bond donors (Lipinski definition) is 3. The van der Waals surface area contributed by atoms with E-state index in [9.17, 15) is 18.0 Å². The van der Waals surface area contributed by atoms with Crippen LogP contribution in [0.25, 0.3) is 0 Å². The molecular weight excluding hydrogens is 410 g/mol. The maximum absolute atomic E-state index is 12.9.